The third kappa shape index (κ3) is 3.91. The Morgan fingerprint density at radius 3 is 2.36 bits per heavy atom. The molecule has 0 saturated carbocycles. The van der Waals surface area contributed by atoms with Gasteiger partial charge in [-0.05, 0) is 55.5 Å². The Labute approximate surface area is 164 Å². The molecule has 0 saturated heterocycles. The summed E-state index contributed by atoms with van der Waals surface area (Å²) < 4.78 is 15.8. The molecular weight excluding hydrogens is 384 g/mol. The number of aromatic nitrogens is 4. The number of nitrogens with zero attached hydrogens (tertiary/aromatic N) is 4. The van der Waals surface area contributed by atoms with Gasteiger partial charge in [0.15, 0.2) is 12.4 Å². The molecule has 0 aliphatic rings. The van der Waals surface area contributed by atoms with Crippen molar-refractivity contribution < 1.29 is 18.5 Å². The van der Waals surface area contributed by atoms with E-state index in [1.807, 2.05) is 0 Å². The standard InChI is InChI=1S/C19H13ClN4O4/c1-11-21-17(28-24-11)12-2-4-14(5-3-12)19(25)26-10-16-22-23-18(27-16)13-6-8-15(20)9-7-13/h2-9H,10H2,1H3. The molecule has 0 unspecified atom stereocenters. The lowest BCUT2D eigenvalue weighted by Gasteiger charge is -2.02. The first-order chi connectivity index (χ1) is 13.6. The van der Waals surface area contributed by atoms with Gasteiger partial charge in [0.25, 0.3) is 11.8 Å². The highest BCUT2D eigenvalue weighted by molar-refractivity contribution is 6.30. The van der Waals surface area contributed by atoms with Gasteiger partial charge in [-0.2, -0.15) is 4.98 Å². The number of carbonyl (C=O) groups excluding carboxylic acids is 1. The quantitative estimate of drug-likeness (QED) is 0.464. The fraction of sp³-hybridized carbons (Fsp3) is 0.105. The molecule has 4 rings (SSSR count). The lowest BCUT2D eigenvalue weighted by atomic mass is 10.1. The number of esters is 1. The SMILES string of the molecule is Cc1noc(-c2ccc(C(=O)OCc3nnc(-c4ccc(Cl)cc4)o3)cc2)n1. The maximum atomic E-state index is 12.2. The van der Waals surface area contributed by atoms with Crippen molar-refractivity contribution in [3.8, 4) is 22.9 Å². The van der Waals surface area contributed by atoms with Crippen LogP contribution in [0.15, 0.2) is 57.5 Å². The molecular formula is C19H13ClN4O4. The topological polar surface area (TPSA) is 104 Å². The van der Waals surface area contributed by atoms with E-state index >= 15 is 0 Å². The Bertz CT molecular complexity index is 1100. The van der Waals surface area contributed by atoms with E-state index in [2.05, 4.69) is 20.3 Å². The third-order valence-corrected chi connectivity index (χ3v) is 4.03. The first kappa shape index (κ1) is 17.9. The van der Waals surface area contributed by atoms with Crippen LogP contribution in [0.5, 0.6) is 0 Å². The van der Waals surface area contributed by atoms with Crippen molar-refractivity contribution in [1.82, 2.24) is 20.3 Å². The second-order valence-corrected chi connectivity index (χ2v) is 6.24. The Hall–Kier alpha value is -3.52. The minimum Gasteiger partial charge on any atom is -0.452 e. The van der Waals surface area contributed by atoms with Crippen molar-refractivity contribution in [2.45, 2.75) is 13.5 Å². The first-order valence-electron chi connectivity index (χ1n) is 8.25. The van der Waals surface area contributed by atoms with Gasteiger partial charge < -0.3 is 13.7 Å². The Kier molecular flexibility index (Phi) is 4.86. The predicted octanol–water partition coefficient (Wildman–Crippen LogP) is 4.11. The van der Waals surface area contributed by atoms with Gasteiger partial charge in [-0.15, -0.1) is 10.2 Å². The minimum absolute atomic E-state index is 0.135. The molecule has 0 aliphatic heterocycles. The molecule has 8 nitrogen and oxygen atoms in total. The molecule has 28 heavy (non-hydrogen) atoms. The van der Waals surface area contributed by atoms with Gasteiger partial charge in [0.1, 0.15) is 0 Å². The zero-order valence-corrected chi connectivity index (χ0v) is 15.4. The molecule has 0 aliphatic carbocycles. The van der Waals surface area contributed by atoms with E-state index in [1.54, 1.807) is 55.5 Å². The molecule has 2 aromatic heterocycles. The molecule has 4 aromatic rings. The van der Waals surface area contributed by atoms with Gasteiger partial charge in [-0.25, -0.2) is 4.79 Å². The molecule has 9 heteroatoms. The van der Waals surface area contributed by atoms with Gasteiger partial charge in [-0.1, -0.05) is 16.8 Å². The number of carbonyl (C=O) groups is 1. The second-order valence-electron chi connectivity index (χ2n) is 5.81. The van der Waals surface area contributed by atoms with Crippen LogP contribution in [0.25, 0.3) is 22.9 Å². The van der Waals surface area contributed by atoms with E-state index in [0.29, 0.717) is 33.8 Å². The predicted molar refractivity (Wildman–Crippen MR) is 98.3 cm³/mol. The van der Waals surface area contributed by atoms with Crippen molar-refractivity contribution >= 4 is 17.6 Å². The second kappa shape index (κ2) is 7.61. The highest BCUT2D eigenvalue weighted by Crippen LogP contribution is 2.21. The van der Waals surface area contributed by atoms with Gasteiger partial charge in [0.05, 0.1) is 5.56 Å². The van der Waals surface area contributed by atoms with Crippen LogP contribution < -0.4 is 0 Å². The average Bonchev–Trinajstić information content (AvgIpc) is 3.36. The normalized spacial score (nSPS) is 10.8. The molecule has 2 aromatic carbocycles. The smallest absolute Gasteiger partial charge is 0.338 e. The van der Waals surface area contributed by atoms with E-state index in [-0.39, 0.29) is 12.5 Å². The van der Waals surface area contributed by atoms with Gasteiger partial charge >= 0.3 is 5.97 Å². The molecule has 0 spiro atoms. The fourth-order valence-corrected chi connectivity index (χ4v) is 2.52. The zero-order valence-electron chi connectivity index (χ0n) is 14.6. The summed E-state index contributed by atoms with van der Waals surface area (Å²) in [6, 6.07) is 13.6. The third-order valence-electron chi connectivity index (χ3n) is 3.78. The number of ether oxygens (including phenoxy) is 1. The van der Waals surface area contributed by atoms with E-state index in [4.69, 9.17) is 25.3 Å². The van der Waals surface area contributed by atoms with Crippen LogP contribution >= 0.6 is 11.6 Å². The van der Waals surface area contributed by atoms with Crippen molar-refractivity contribution in [2.24, 2.45) is 0 Å². The summed E-state index contributed by atoms with van der Waals surface area (Å²) in [5.41, 5.74) is 1.81. The summed E-state index contributed by atoms with van der Waals surface area (Å²) in [5.74, 6) is 0.923. The largest absolute Gasteiger partial charge is 0.452 e. The molecule has 0 amide bonds. The van der Waals surface area contributed by atoms with E-state index in [0.717, 1.165) is 5.56 Å². The van der Waals surface area contributed by atoms with Crippen molar-refractivity contribution in [3.63, 3.8) is 0 Å². The highest BCUT2D eigenvalue weighted by Gasteiger charge is 2.13. The summed E-state index contributed by atoms with van der Waals surface area (Å²) in [7, 11) is 0. The number of benzene rings is 2. The average molecular weight is 397 g/mol. The lowest BCUT2D eigenvalue weighted by molar-refractivity contribution is 0.0438. The Balaban J connectivity index is 1.38. The van der Waals surface area contributed by atoms with Gasteiger partial charge in [0, 0.05) is 16.1 Å². The Morgan fingerprint density at radius 1 is 1.00 bits per heavy atom. The molecule has 140 valence electrons. The maximum absolute atomic E-state index is 12.2. The van der Waals surface area contributed by atoms with E-state index < -0.39 is 5.97 Å². The summed E-state index contributed by atoms with van der Waals surface area (Å²) in [6.07, 6.45) is 0. The minimum atomic E-state index is -0.514. The lowest BCUT2D eigenvalue weighted by Crippen LogP contribution is -2.05. The molecule has 0 fully saturated rings. The van der Waals surface area contributed by atoms with Crippen LogP contribution in [0, 0.1) is 6.92 Å². The van der Waals surface area contributed by atoms with Gasteiger partial charge in [-0.3, -0.25) is 0 Å². The molecule has 2 heterocycles. The number of halogens is 1. The monoisotopic (exact) mass is 396 g/mol. The number of aryl methyl sites for hydroxylation is 1. The van der Waals surface area contributed by atoms with Gasteiger partial charge in [0.2, 0.25) is 5.89 Å². The van der Waals surface area contributed by atoms with Crippen LogP contribution in [0.3, 0.4) is 0 Å². The maximum Gasteiger partial charge on any atom is 0.338 e. The van der Waals surface area contributed by atoms with Crippen LogP contribution in [0.4, 0.5) is 0 Å². The first-order valence-corrected chi connectivity index (χ1v) is 8.62. The molecule has 0 atom stereocenters. The van der Waals surface area contributed by atoms with E-state index in [1.165, 1.54) is 0 Å². The fourth-order valence-electron chi connectivity index (χ4n) is 2.39. The highest BCUT2D eigenvalue weighted by atomic mass is 35.5. The summed E-state index contributed by atoms with van der Waals surface area (Å²) in [5, 5.41) is 12.2. The summed E-state index contributed by atoms with van der Waals surface area (Å²) in [4.78, 5) is 16.3. The summed E-state index contributed by atoms with van der Waals surface area (Å²) in [6.45, 7) is 1.60. The van der Waals surface area contributed by atoms with Crippen LogP contribution in [0.2, 0.25) is 5.02 Å². The van der Waals surface area contributed by atoms with Crippen LogP contribution in [-0.2, 0) is 11.3 Å². The Morgan fingerprint density at radius 2 is 1.68 bits per heavy atom. The number of hydrogen-bond acceptors (Lipinski definition) is 8. The zero-order chi connectivity index (χ0) is 19.5. The van der Waals surface area contributed by atoms with Crippen LogP contribution in [-0.4, -0.2) is 26.3 Å². The van der Waals surface area contributed by atoms with Crippen molar-refractivity contribution in [1.29, 1.82) is 0 Å². The molecule has 0 bridgehead atoms. The molecule has 0 N–H and O–H groups in total. The van der Waals surface area contributed by atoms with Crippen molar-refractivity contribution in [2.75, 3.05) is 0 Å². The summed E-state index contributed by atoms with van der Waals surface area (Å²) >= 11 is 5.86. The molecule has 0 radical (unpaired) electrons. The number of hydrogen-bond donors (Lipinski definition) is 0. The van der Waals surface area contributed by atoms with Crippen molar-refractivity contribution in [3.05, 3.63) is 70.8 Å². The van der Waals surface area contributed by atoms with E-state index in [9.17, 15) is 4.79 Å². The van der Waals surface area contributed by atoms with Crippen LogP contribution in [0.1, 0.15) is 22.1 Å². The number of rotatable bonds is 5.